The van der Waals surface area contributed by atoms with Gasteiger partial charge in [-0.05, 0) is 26.3 Å². The van der Waals surface area contributed by atoms with E-state index >= 15 is 0 Å². The van der Waals surface area contributed by atoms with Gasteiger partial charge in [0.25, 0.3) is 0 Å². The van der Waals surface area contributed by atoms with Crippen molar-refractivity contribution >= 4 is 17.5 Å². The lowest BCUT2D eigenvalue weighted by atomic mass is 9.85. The second-order valence-corrected chi connectivity index (χ2v) is 7.62. The second kappa shape index (κ2) is 7.36. The van der Waals surface area contributed by atoms with Crippen LogP contribution in [0.2, 0.25) is 0 Å². The number of nitrogens with zero attached hydrogens (tertiary/aromatic N) is 3. The number of rotatable bonds is 1. The quantitative estimate of drug-likeness (QED) is 0.681. The van der Waals surface area contributed by atoms with E-state index in [-0.39, 0.29) is 19.1 Å². The Hall–Kier alpha value is -2.55. The van der Waals surface area contributed by atoms with E-state index in [4.69, 9.17) is 16.1 Å². The molecular weight excluding hydrogens is 330 g/mol. The zero-order valence-electron chi connectivity index (χ0n) is 14.9. The number of hydrogen-bond donors (Lipinski definition) is 0. The van der Waals surface area contributed by atoms with Crippen molar-refractivity contribution in [3.63, 3.8) is 0 Å². The molecule has 0 bridgehead atoms. The molecule has 2 aliphatic rings. The number of ether oxygens (including phenoxy) is 1. The Morgan fingerprint density at radius 2 is 1.88 bits per heavy atom. The minimum atomic E-state index is -0.482. The Labute approximate surface area is 155 Å². The van der Waals surface area contributed by atoms with Gasteiger partial charge in [-0.3, -0.25) is 0 Å². The molecule has 0 aliphatic carbocycles. The van der Waals surface area contributed by atoms with E-state index in [1.807, 2.05) is 32.9 Å². The minimum Gasteiger partial charge on any atom is -0.444 e. The van der Waals surface area contributed by atoms with Crippen LogP contribution in [0.4, 0.5) is 10.5 Å². The molecule has 0 aromatic heterocycles. The molecule has 1 aromatic rings. The average Bonchev–Trinajstić information content (AvgIpc) is 2.98. The summed E-state index contributed by atoms with van der Waals surface area (Å²) in [5.74, 6) is 0. The van der Waals surface area contributed by atoms with Crippen LogP contribution >= 0.6 is 0 Å². The Bertz CT molecular complexity index is 718. The molecule has 1 saturated heterocycles. The highest BCUT2D eigenvalue weighted by Crippen LogP contribution is 2.36. The monoisotopic (exact) mass is 357 g/mol. The van der Waals surface area contributed by atoms with Crippen molar-refractivity contribution in [2.24, 2.45) is 5.16 Å². The maximum atomic E-state index is 12.2. The predicted octanol–water partition coefficient (Wildman–Crippen LogP) is 4.77. The smallest absolute Gasteiger partial charge is 0.410 e. The molecule has 0 N–H and O–H groups in total. The van der Waals surface area contributed by atoms with E-state index < -0.39 is 5.60 Å². The Kier molecular flexibility index (Phi) is 5.60. The summed E-state index contributed by atoms with van der Waals surface area (Å²) in [7, 11) is 0. The van der Waals surface area contributed by atoms with Crippen LogP contribution < -0.4 is 0 Å². The minimum absolute atomic E-state index is 0. The maximum absolute atomic E-state index is 12.2. The summed E-state index contributed by atoms with van der Waals surface area (Å²) in [5.41, 5.74) is 1.70. The number of piperidine rings is 1. The first-order chi connectivity index (χ1) is 11.8. The number of oxime groups is 1. The van der Waals surface area contributed by atoms with Crippen LogP contribution in [0.25, 0.3) is 4.85 Å². The standard InChI is InChI=1S/C19H23N3O3.CH4/c1-18(2,3)24-17(23)22-11-9-19(10-12-22)13-16(21-25-19)14-5-7-15(20-4)8-6-14;/h5-8H,9-13H2,1-3H3;1H4. The number of likely N-dealkylation sites (tertiary alicyclic amines) is 1. The van der Waals surface area contributed by atoms with Crippen molar-refractivity contribution in [2.45, 2.75) is 58.7 Å². The summed E-state index contributed by atoms with van der Waals surface area (Å²) in [4.78, 5) is 23.1. The third-order valence-electron chi connectivity index (χ3n) is 4.50. The Morgan fingerprint density at radius 1 is 1.27 bits per heavy atom. The van der Waals surface area contributed by atoms with Gasteiger partial charge in [-0.25, -0.2) is 9.64 Å². The maximum Gasteiger partial charge on any atom is 0.410 e. The van der Waals surface area contributed by atoms with E-state index in [0.29, 0.717) is 18.8 Å². The molecule has 2 aliphatic heterocycles. The van der Waals surface area contributed by atoms with E-state index in [1.54, 1.807) is 17.0 Å². The molecule has 6 heteroatoms. The molecule has 0 radical (unpaired) electrons. The van der Waals surface area contributed by atoms with Crippen molar-refractivity contribution in [2.75, 3.05) is 13.1 Å². The normalized spacial score (nSPS) is 18.4. The number of amides is 1. The molecule has 0 saturated carbocycles. The summed E-state index contributed by atoms with van der Waals surface area (Å²) in [6, 6.07) is 7.40. The first kappa shape index (κ1) is 19.8. The molecule has 26 heavy (non-hydrogen) atoms. The van der Waals surface area contributed by atoms with Crippen molar-refractivity contribution in [3.8, 4) is 0 Å². The van der Waals surface area contributed by atoms with Crippen molar-refractivity contribution in [1.82, 2.24) is 4.90 Å². The Balaban J connectivity index is 0.00000243. The van der Waals surface area contributed by atoms with Crippen molar-refractivity contribution in [3.05, 3.63) is 41.2 Å². The summed E-state index contributed by atoms with van der Waals surface area (Å²) < 4.78 is 5.43. The fourth-order valence-corrected chi connectivity index (χ4v) is 3.10. The molecule has 2 heterocycles. The van der Waals surface area contributed by atoms with Crippen LogP contribution in [0, 0.1) is 6.57 Å². The van der Waals surface area contributed by atoms with E-state index in [9.17, 15) is 4.79 Å². The highest BCUT2D eigenvalue weighted by molar-refractivity contribution is 6.01. The van der Waals surface area contributed by atoms with E-state index in [2.05, 4.69) is 10.0 Å². The van der Waals surface area contributed by atoms with Gasteiger partial charge in [0.1, 0.15) is 11.2 Å². The van der Waals surface area contributed by atoms with Crippen LogP contribution in [0.1, 0.15) is 53.0 Å². The van der Waals surface area contributed by atoms with Gasteiger partial charge in [-0.2, -0.15) is 0 Å². The summed E-state index contributed by atoms with van der Waals surface area (Å²) in [6.07, 6.45) is 1.93. The molecular formula is C20H27N3O3. The van der Waals surface area contributed by atoms with Gasteiger partial charge in [-0.1, -0.05) is 36.8 Å². The zero-order valence-corrected chi connectivity index (χ0v) is 14.9. The molecule has 3 rings (SSSR count). The van der Waals surface area contributed by atoms with Gasteiger partial charge >= 0.3 is 6.09 Å². The molecule has 1 amide bonds. The second-order valence-electron chi connectivity index (χ2n) is 7.62. The summed E-state index contributed by atoms with van der Waals surface area (Å²) >= 11 is 0. The van der Waals surface area contributed by atoms with Crippen LogP contribution in [0.3, 0.4) is 0 Å². The molecule has 6 nitrogen and oxygen atoms in total. The van der Waals surface area contributed by atoms with E-state index in [0.717, 1.165) is 30.5 Å². The lowest BCUT2D eigenvalue weighted by Crippen LogP contribution is -2.48. The number of hydrogen-bond acceptors (Lipinski definition) is 4. The molecule has 140 valence electrons. The Morgan fingerprint density at radius 3 is 2.42 bits per heavy atom. The lowest BCUT2D eigenvalue weighted by molar-refractivity contribution is -0.0639. The topological polar surface area (TPSA) is 55.5 Å². The van der Waals surface area contributed by atoms with Crippen molar-refractivity contribution in [1.29, 1.82) is 0 Å². The zero-order chi connectivity index (χ0) is 18.1. The molecule has 1 fully saturated rings. The lowest BCUT2D eigenvalue weighted by Gasteiger charge is -2.37. The highest BCUT2D eigenvalue weighted by Gasteiger charge is 2.43. The molecule has 1 aromatic carbocycles. The first-order valence-electron chi connectivity index (χ1n) is 8.51. The third-order valence-corrected chi connectivity index (χ3v) is 4.50. The van der Waals surface area contributed by atoms with Gasteiger partial charge < -0.3 is 14.5 Å². The summed E-state index contributed by atoms with van der Waals surface area (Å²) in [5, 5.41) is 4.27. The number of carbonyl (C=O) groups is 1. The SMILES string of the molecule is C.[C-]#[N+]c1ccc(C2=NOC3(CCN(C(=O)OC(C)(C)C)CC3)C2)cc1. The fourth-order valence-electron chi connectivity index (χ4n) is 3.10. The van der Waals surface area contributed by atoms with Crippen LogP contribution in [-0.4, -0.2) is 41.0 Å². The van der Waals surface area contributed by atoms with Gasteiger partial charge in [-0.15, -0.1) is 0 Å². The average molecular weight is 357 g/mol. The predicted molar refractivity (Wildman–Crippen MR) is 101 cm³/mol. The van der Waals surface area contributed by atoms with E-state index in [1.165, 1.54) is 0 Å². The largest absolute Gasteiger partial charge is 0.444 e. The molecule has 1 spiro atoms. The van der Waals surface area contributed by atoms with Crippen LogP contribution in [0.5, 0.6) is 0 Å². The van der Waals surface area contributed by atoms with Crippen LogP contribution in [-0.2, 0) is 9.57 Å². The first-order valence-corrected chi connectivity index (χ1v) is 8.51. The molecule has 0 atom stereocenters. The van der Waals surface area contributed by atoms with Crippen molar-refractivity contribution < 1.29 is 14.4 Å². The van der Waals surface area contributed by atoms with Gasteiger partial charge in [0.2, 0.25) is 0 Å². The van der Waals surface area contributed by atoms with Gasteiger partial charge in [0.15, 0.2) is 5.69 Å². The fraction of sp³-hybridized carbons (Fsp3) is 0.550. The highest BCUT2D eigenvalue weighted by atomic mass is 16.7. The van der Waals surface area contributed by atoms with Gasteiger partial charge in [0, 0.05) is 32.4 Å². The number of benzene rings is 1. The molecule has 0 unspecified atom stereocenters. The third kappa shape index (κ3) is 4.34. The van der Waals surface area contributed by atoms with Gasteiger partial charge in [0.05, 0.1) is 12.3 Å². The number of carbonyl (C=O) groups excluding carboxylic acids is 1. The van der Waals surface area contributed by atoms with Crippen LogP contribution in [0.15, 0.2) is 29.4 Å². The summed E-state index contributed by atoms with van der Waals surface area (Å²) in [6.45, 7) is 13.8.